The molecule has 1 N–H and O–H groups in total. The maximum absolute atomic E-state index is 5.45. The number of hydrogen-bond donors (Lipinski definition) is 1. The van der Waals surface area contributed by atoms with Crippen LogP contribution in [0.4, 0.5) is 5.82 Å². The Morgan fingerprint density at radius 3 is 2.70 bits per heavy atom. The number of benzene rings is 1. The van der Waals surface area contributed by atoms with E-state index < -0.39 is 0 Å². The monoisotopic (exact) mass is 289 g/mol. The Hall–Kier alpha value is -1.75. The molecule has 0 bridgehead atoms. The van der Waals surface area contributed by atoms with Gasteiger partial charge >= 0.3 is 0 Å². The van der Waals surface area contributed by atoms with Gasteiger partial charge in [-0.15, -0.1) is 0 Å². The standard InChI is InChI=1S/C15H19N3OS/c1-3-9-16-14-13(19-2)15(18-11-17-14)20-10-12-7-5-4-6-8-12/h4-8,11H,3,9-10H2,1-2H3,(H,16,17,18). The predicted octanol–water partition coefficient (Wildman–Crippen LogP) is 3.60. The van der Waals surface area contributed by atoms with Crippen LogP contribution in [-0.4, -0.2) is 23.6 Å². The maximum atomic E-state index is 5.45. The van der Waals surface area contributed by atoms with Gasteiger partial charge in [-0.3, -0.25) is 0 Å². The Morgan fingerprint density at radius 2 is 2.00 bits per heavy atom. The van der Waals surface area contributed by atoms with Crippen LogP contribution in [-0.2, 0) is 5.75 Å². The zero-order chi connectivity index (χ0) is 14.2. The fraction of sp³-hybridized carbons (Fsp3) is 0.333. The van der Waals surface area contributed by atoms with E-state index in [0.29, 0.717) is 0 Å². The molecule has 0 aliphatic rings. The summed E-state index contributed by atoms with van der Waals surface area (Å²) in [5.41, 5.74) is 1.27. The average molecular weight is 289 g/mol. The Morgan fingerprint density at radius 1 is 1.20 bits per heavy atom. The number of hydrogen-bond acceptors (Lipinski definition) is 5. The van der Waals surface area contributed by atoms with Gasteiger partial charge in [-0.25, -0.2) is 9.97 Å². The van der Waals surface area contributed by atoms with Gasteiger partial charge in [-0.05, 0) is 12.0 Å². The molecule has 0 amide bonds. The van der Waals surface area contributed by atoms with Crippen molar-refractivity contribution >= 4 is 17.6 Å². The lowest BCUT2D eigenvalue weighted by Crippen LogP contribution is -2.05. The van der Waals surface area contributed by atoms with E-state index in [-0.39, 0.29) is 0 Å². The molecular formula is C15H19N3OS. The Balaban J connectivity index is 2.10. The van der Waals surface area contributed by atoms with Crippen LogP contribution in [0, 0.1) is 0 Å². The van der Waals surface area contributed by atoms with Crippen LogP contribution in [0.3, 0.4) is 0 Å². The van der Waals surface area contributed by atoms with Gasteiger partial charge < -0.3 is 10.1 Å². The fourth-order valence-corrected chi connectivity index (χ4v) is 2.67. The molecule has 4 nitrogen and oxygen atoms in total. The highest BCUT2D eigenvalue weighted by molar-refractivity contribution is 7.98. The molecule has 1 heterocycles. The molecule has 0 unspecified atom stereocenters. The molecule has 5 heteroatoms. The third-order valence-corrected chi connectivity index (χ3v) is 3.78. The summed E-state index contributed by atoms with van der Waals surface area (Å²) in [5.74, 6) is 2.35. The number of methoxy groups -OCH3 is 1. The van der Waals surface area contributed by atoms with Crippen LogP contribution in [0.15, 0.2) is 41.7 Å². The summed E-state index contributed by atoms with van der Waals surface area (Å²) in [6.45, 7) is 2.99. The van der Waals surface area contributed by atoms with Crippen molar-refractivity contribution in [2.24, 2.45) is 0 Å². The molecule has 1 aromatic carbocycles. The van der Waals surface area contributed by atoms with Crippen molar-refractivity contribution in [2.45, 2.75) is 24.1 Å². The van der Waals surface area contributed by atoms with Gasteiger partial charge in [0.05, 0.1) is 7.11 Å². The Bertz CT molecular complexity index is 534. The molecule has 0 aliphatic carbocycles. The van der Waals surface area contributed by atoms with Crippen molar-refractivity contribution in [2.75, 3.05) is 19.0 Å². The van der Waals surface area contributed by atoms with Crippen molar-refractivity contribution in [1.82, 2.24) is 9.97 Å². The van der Waals surface area contributed by atoms with Gasteiger partial charge in [0.2, 0.25) is 0 Å². The van der Waals surface area contributed by atoms with Crippen molar-refractivity contribution in [3.63, 3.8) is 0 Å². The van der Waals surface area contributed by atoms with Crippen LogP contribution in [0.5, 0.6) is 5.75 Å². The number of aromatic nitrogens is 2. The second-order valence-electron chi connectivity index (χ2n) is 4.26. The van der Waals surface area contributed by atoms with E-state index in [1.54, 1.807) is 25.2 Å². The van der Waals surface area contributed by atoms with Crippen LogP contribution in [0.25, 0.3) is 0 Å². The first-order valence-electron chi connectivity index (χ1n) is 6.64. The van der Waals surface area contributed by atoms with E-state index in [0.717, 1.165) is 35.3 Å². The van der Waals surface area contributed by atoms with Crippen molar-refractivity contribution < 1.29 is 4.74 Å². The topological polar surface area (TPSA) is 47.0 Å². The molecule has 0 spiro atoms. The quantitative estimate of drug-likeness (QED) is 0.623. The predicted molar refractivity (Wildman–Crippen MR) is 83.4 cm³/mol. The SMILES string of the molecule is CCCNc1ncnc(SCc2ccccc2)c1OC. The van der Waals surface area contributed by atoms with E-state index in [1.165, 1.54) is 5.56 Å². The molecule has 2 rings (SSSR count). The maximum Gasteiger partial charge on any atom is 0.193 e. The highest BCUT2D eigenvalue weighted by Gasteiger charge is 2.12. The third-order valence-electron chi connectivity index (χ3n) is 2.74. The van der Waals surface area contributed by atoms with Gasteiger partial charge in [-0.2, -0.15) is 0 Å². The van der Waals surface area contributed by atoms with Crippen molar-refractivity contribution in [3.05, 3.63) is 42.2 Å². The summed E-state index contributed by atoms with van der Waals surface area (Å²) < 4.78 is 5.45. The van der Waals surface area contributed by atoms with E-state index in [4.69, 9.17) is 4.74 Å². The lowest BCUT2D eigenvalue weighted by atomic mass is 10.2. The molecule has 0 radical (unpaired) electrons. The first kappa shape index (κ1) is 14.7. The summed E-state index contributed by atoms with van der Waals surface area (Å²) in [5, 5.41) is 4.13. The Kier molecular flexibility index (Phi) is 5.68. The first-order chi connectivity index (χ1) is 9.85. The molecule has 0 atom stereocenters. The van der Waals surface area contributed by atoms with Gasteiger partial charge in [0.15, 0.2) is 11.6 Å². The lowest BCUT2D eigenvalue weighted by molar-refractivity contribution is 0.400. The minimum Gasteiger partial charge on any atom is -0.490 e. The Labute approximate surface area is 124 Å². The van der Waals surface area contributed by atoms with Crippen LogP contribution in [0.1, 0.15) is 18.9 Å². The number of nitrogens with one attached hydrogen (secondary N) is 1. The van der Waals surface area contributed by atoms with Gasteiger partial charge in [0.1, 0.15) is 11.4 Å². The number of anilines is 1. The van der Waals surface area contributed by atoms with Crippen LogP contribution in [0.2, 0.25) is 0 Å². The largest absolute Gasteiger partial charge is 0.490 e. The first-order valence-corrected chi connectivity index (χ1v) is 7.63. The third kappa shape index (κ3) is 3.87. The molecule has 1 aromatic heterocycles. The molecule has 0 aliphatic heterocycles. The molecular weight excluding hydrogens is 270 g/mol. The summed E-state index contributed by atoms with van der Waals surface area (Å²) in [7, 11) is 1.66. The molecule has 0 saturated heterocycles. The smallest absolute Gasteiger partial charge is 0.193 e. The average Bonchev–Trinajstić information content (AvgIpc) is 2.51. The van der Waals surface area contributed by atoms with Gasteiger partial charge in [-0.1, -0.05) is 49.0 Å². The van der Waals surface area contributed by atoms with Crippen molar-refractivity contribution in [3.8, 4) is 5.75 Å². The van der Waals surface area contributed by atoms with E-state index in [2.05, 4.69) is 34.3 Å². The fourth-order valence-electron chi connectivity index (χ4n) is 1.74. The second kappa shape index (κ2) is 7.75. The van der Waals surface area contributed by atoms with Crippen LogP contribution >= 0.6 is 11.8 Å². The summed E-state index contributed by atoms with van der Waals surface area (Å²) in [4.78, 5) is 8.56. The number of thioether (sulfide) groups is 1. The molecule has 0 fully saturated rings. The lowest BCUT2D eigenvalue weighted by Gasteiger charge is -2.12. The number of ether oxygens (including phenoxy) is 1. The van der Waals surface area contributed by atoms with Crippen molar-refractivity contribution in [1.29, 1.82) is 0 Å². The molecule has 0 saturated carbocycles. The summed E-state index contributed by atoms with van der Waals surface area (Å²) in [6.07, 6.45) is 2.62. The van der Waals surface area contributed by atoms with Gasteiger partial charge in [0, 0.05) is 12.3 Å². The number of rotatable bonds is 7. The second-order valence-corrected chi connectivity index (χ2v) is 5.23. The normalized spacial score (nSPS) is 10.3. The van der Waals surface area contributed by atoms with E-state index in [9.17, 15) is 0 Å². The molecule has 2 aromatic rings. The highest BCUT2D eigenvalue weighted by Crippen LogP contribution is 2.33. The van der Waals surface area contributed by atoms with E-state index >= 15 is 0 Å². The van der Waals surface area contributed by atoms with Crippen LogP contribution < -0.4 is 10.1 Å². The zero-order valence-corrected chi connectivity index (χ0v) is 12.6. The summed E-state index contributed by atoms with van der Waals surface area (Å²) >= 11 is 1.66. The van der Waals surface area contributed by atoms with Gasteiger partial charge in [0.25, 0.3) is 0 Å². The summed E-state index contributed by atoms with van der Waals surface area (Å²) in [6, 6.07) is 10.3. The number of nitrogens with zero attached hydrogens (tertiary/aromatic N) is 2. The molecule has 20 heavy (non-hydrogen) atoms. The minimum absolute atomic E-state index is 0.724. The highest BCUT2D eigenvalue weighted by atomic mass is 32.2. The van der Waals surface area contributed by atoms with E-state index in [1.807, 2.05) is 18.2 Å². The minimum atomic E-state index is 0.724. The molecule has 106 valence electrons. The zero-order valence-electron chi connectivity index (χ0n) is 11.8.